The van der Waals surface area contributed by atoms with Crippen molar-refractivity contribution in [3.63, 3.8) is 0 Å². The lowest BCUT2D eigenvalue weighted by Gasteiger charge is -2.37. The molecule has 32 heavy (non-hydrogen) atoms. The number of Topliss-reactive ketones (excluding diaryl/α,β-unsaturated/α-hetero) is 1. The van der Waals surface area contributed by atoms with E-state index in [0.717, 1.165) is 15.9 Å². The Morgan fingerprint density at radius 1 is 1.16 bits per heavy atom. The Balaban J connectivity index is 1.59. The van der Waals surface area contributed by atoms with Crippen molar-refractivity contribution >= 4 is 44.1 Å². The number of nitrogens with zero attached hydrogens (tertiary/aromatic N) is 3. The average Bonchev–Trinajstić information content (AvgIpc) is 3.14. The van der Waals surface area contributed by atoms with Crippen LogP contribution in [-0.4, -0.2) is 21.7 Å². The molecule has 1 aromatic heterocycles. The number of aliphatic imine (C=N–C) groups is 1. The Kier molecular flexibility index (Phi) is 4.78. The summed E-state index contributed by atoms with van der Waals surface area (Å²) in [6.45, 7) is 4.09. The number of fused-ring (bicyclic) bond motifs is 1. The Morgan fingerprint density at radius 2 is 1.91 bits per heavy atom. The summed E-state index contributed by atoms with van der Waals surface area (Å²) in [5.41, 5.74) is 2.28. The van der Waals surface area contributed by atoms with Crippen molar-refractivity contribution in [3.05, 3.63) is 75.5 Å². The summed E-state index contributed by atoms with van der Waals surface area (Å²) in [6.07, 6.45) is 1.02. The van der Waals surface area contributed by atoms with Crippen LogP contribution in [0.1, 0.15) is 38.3 Å². The molecule has 0 saturated heterocycles. The molecule has 0 spiro atoms. The van der Waals surface area contributed by atoms with Gasteiger partial charge in [0.05, 0.1) is 20.7 Å². The fraction of sp³-hybridized carbons (Fsp3) is 0.261. The molecular formula is C23H21N5O3S. The highest BCUT2D eigenvalue weighted by Crippen LogP contribution is 2.44. The SMILES string of the molecule is CC1(C)CC(=O)C2=C(C1)NC(Nc1nc3ccccc3s1)=NC2c1ccccc1[N+](=O)[O-]. The molecule has 5 rings (SSSR count). The molecule has 9 heteroatoms. The molecule has 2 aliphatic rings. The number of ketones is 1. The van der Waals surface area contributed by atoms with E-state index in [4.69, 9.17) is 4.99 Å². The molecule has 1 unspecified atom stereocenters. The Morgan fingerprint density at radius 3 is 2.69 bits per heavy atom. The number of rotatable bonds is 3. The lowest BCUT2D eigenvalue weighted by molar-refractivity contribution is -0.385. The summed E-state index contributed by atoms with van der Waals surface area (Å²) < 4.78 is 1.04. The summed E-state index contributed by atoms with van der Waals surface area (Å²) in [6, 6.07) is 13.5. The number of nitrogens with one attached hydrogen (secondary N) is 2. The molecule has 0 radical (unpaired) electrons. The van der Waals surface area contributed by atoms with Crippen LogP contribution < -0.4 is 10.6 Å². The van der Waals surface area contributed by atoms with Crippen molar-refractivity contribution in [2.45, 2.75) is 32.7 Å². The van der Waals surface area contributed by atoms with E-state index in [0.29, 0.717) is 35.1 Å². The van der Waals surface area contributed by atoms with Gasteiger partial charge in [-0.1, -0.05) is 49.4 Å². The Labute approximate surface area is 188 Å². The van der Waals surface area contributed by atoms with Crippen molar-refractivity contribution in [1.82, 2.24) is 10.3 Å². The van der Waals surface area contributed by atoms with E-state index in [1.807, 2.05) is 38.1 Å². The lowest BCUT2D eigenvalue weighted by Crippen LogP contribution is -2.41. The molecule has 2 N–H and O–H groups in total. The van der Waals surface area contributed by atoms with Crippen LogP contribution >= 0.6 is 11.3 Å². The molecule has 2 aromatic carbocycles. The summed E-state index contributed by atoms with van der Waals surface area (Å²) in [4.78, 5) is 33.7. The lowest BCUT2D eigenvalue weighted by atomic mass is 9.73. The monoisotopic (exact) mass is 447 g/mol. The number of guanidine groups is 1. The van der Waals surface area contributed by atoms with E-state index in [1.165, 1.54) is 17.4 Å². The van der Waals surface area contributed by atoms with Gasteiger partial charge in [-0.05, 0) is 30.0 Å². The zero-order chi connectivity index (χ0) is 22.5. The first-order valence-corrected chi connectivity index (χ1v) is 11.1. The van der Waals surface area contributed by atoms with Gasteiger partial charge in [0.15, 0.2) is 10.9 Å². The van der Waals surface area contributed by atoms with Gasteiger partial charge < -0.3 is 10.6 Å². The number of allylic oxidation sites excluding steroid dienone is 1. The molecule has 2 heterocycles. The number of carbonyl (C=O) groups excluding carboxylic acids is 1. The topological polar surface area (TPSA) is 110 Å². The van der Waals surface area contributed by atoms with Gasteiger partial charge in [0.2, 0.25) is 5.96 Å². The highest BCUT2D eigenvalue weighted by Gasteiger charge is 2.41. The van der Waals surface area contributed by atoms with Gasteiger partial charge in [-0.25, -0.2) is 9.98 Å². The van der Waals surface area contributed by atoms with Gasteiger partial charge in [0.25, 0.3) is 5.69 Å². The van der Waals surface area contributed by atoms with E-state index in [-0.39, 0.29) is 16.9 Å². The molecule has 0 amide bonds. The largest absolute Gasteiger partial charge is 0.329 e. The summed E-state index contributed by atoms with van der Waals surface area (Å²) in [5, 5.41) is 18.9. The maximum atomic E-state index is 13.1. The zero-order valence-corrected chi connectivity index (χ0v) is 18.4. The molecule has 0 bridgehead atoms. The van der Waals surface area contributed by atoms with Gasteiger partial charge in [0.1, 0.15) is 6.04 Å². The fourth-order valence-electron chi connectivity index (χ4n) is 4.33. The van der Waals surface area contributed by atoms with Crippen molar-refractivity contribution in [3.8, 4) is 0 Å². The number of hydrogen-bond acceptors (Lipinski definition) is 8. The quantitative estimate of drug-likeness (QED) is 0.434. The molecule has 0 saturated carbocycles. The first-order valence-electron chi connectivity index (χ1n) is 10.3. The van der Waals surface area contributed by atoms with Crippen LogP contribution in [0.15, 0.2) is 64.8 Å². The number of anilines is 1. The minimum absolute atomic E-state index is 0.0327. The Bertz CT molecular complexity index is 1290. The first-order chi connectivity index (χ1) is 15.3. The summed E-state index contributed by atoms with van der Waals surface area (Å²) in [5.74, 6) is 0.395. The van der Waals surface area contributed by atoms with Crippen LogP contribution in [0.4, 0.5) is 10.8 Å². The van der Waals surface area contributed by atoms with Crippen molar-refractivity contribution in [1.29, 1.82) is 0 Å². The first kappa shape index (κ1) is 20.3. The van der Waals surface area contributed by atoms with Gasteiger partial charge >= 0.3 is 0 Å². The molecule has 1 atom stereocenters. The minimum atomic E-state index is -0.756. The molecule has 0 fully saturated rings. The van der Waals surface area contributed by atoms with Crippen LogP contribution in [-0.2, 0) is 4.79 Å². The molecule has 1 aliphatic heterocycles. The maximum Gasteiger partial charge on any atom is 0.275 e. The highest BCUT2D eigenvalue weighted by molar-refractivity contribution is 7.22. The van der Waals surface area contributed by atoms with Crippen LogP contribution in [0.2, 0.25) is 0 Å². The molecular weight excluding hydrogens is 426 g/mol. The number of benzene rings is 2. The number of thiazole rings is 1. The summed E-state index contributed by atoms with van der Waals surface area (Å²) >= 11 is 1.49. The second-order valence-corrected chi connectivity index (χ2v) is 9.80. The van der Waals surface area contributed by atoms with E-state index in [2.05, 4.69) is 15.6 Å². The molecule has 162 valence electrons. The van der Waals surface area contributed by atoms with Gasteiger partial charge in [0, 0.05) is 23.8 Å². The number of carbonyl (C=O) groups is 1. The zero-order valence-electron chi connectivity index (χ0n) is 17.6. The van der Waals surface area contributed by atoms with Crippen molar-refractivity contribution in [2.24, 2.45) is 10.4 Å². The highest BCUT2D eigenvalue weighted by atomic mass is 32.1. The standard InChI is InChI=1S/C23H21N5O3S/c1-23(2)11-15-19(17(29)12-23)20(13-7-3-5-9-16(13)28(30)31)26-21(24-15)27-22-25-14-8-4-6-10-18(14)32-22/h3-10,20H,11-12H2,1-2H3,(H2,24,25,26,27). The molecule has 1 aliphatic carbocycles. The smallest absolute Gasteiger partial charge is 0.275 e. The number of aromatic nitrogens is 1. The average molecular weight is 448 g/mol. The van der Waals surface area contributed by atoms with Crippen molar-refractivity contribution < 1.29 is 9.72 Å². The van der Waals surface area contributed by atoms with Crippen LogP contribution in [0.3, 0.4) is 0 Å². The van der Waals surface area contributed by atoms with E-state index >= 15 is 0 Å². The fourth-order valence-corrected chi connectivity index (χ4v) is 5.20. The van der Waals surface area contributed by atoms with Gasteiger partial charge in [-0.3, -0.25) is 14.9 Å². The molecule has 3 aromatic rings. The van der Waals surface area contributed by atoms with Crippen molar-refractivity contribution in [2.75, 3.05) is 5.32 Å². The maximum absolute atomic E-state index is 13.1. The van der Waals surface area contributed by atoms with E-state index < -0.39 is 11.0 Å². The normalized spacial score (nSPS) is 19.9. The number of nitro benzene ring substituents is 1. The predicted octanol–water partition coefficient (Wildman–Crippen LogP) is 4.96. The summed E-state index contributed by atoms with van der Waals surface area (Å²) in [7, 11) is 0. The van der Waals surface area contributed by atoms with Crippen LogP contribution in [0.25, 0.3) is 10.2 Å². The third-order valence-electron chi connectivity index (χ3n) is 5.67. The van der Waals surface area contributed by atoms with E-state index in [1.54, 1.807) is 18.2 Å². The minimum Gasteiger partial charge on any atom is -0.329 e. The molecule has 8 nitrogen and oxygen atoms in total. The van der Waals surface area contributed by atoms with Crippen LogP contribution in [0.5, 0.6) is 0 Å². The van der Waals surface area contributed by atoms with Crippen LogP contribution in [0, 0.1) is 15.5 Å². The third-order valence-corrected chi connectivity index (χ3v) is 6.62. The number of hydrogen-bond donors (Lipinski definition) is 2. The third kappa shape index (κ3) is 3.64. The number of para-hydroxylation sites is 2. The second-order valence-electron chi connectivity index (χ2n) is 8.77. The predicted molar refractivity (Wildman–Crippen MR) is 125 cm³/mol. The van der Waals surface area contributed by atoms with Gasteiger partial charge in [-0.2, -0.15) is 0 Å². The number of nitro groups is 1. The second kappa shape index (κ2) is 7.52. The van der Waals surface area contributed by atoms with Gasteiger partial charge in [-0.15, -0.1) is 0 Å². The van der Waals surface area contributed by atoms with E-state index in [9.17, 15) is 14.9 Å². The Hall–Kier alpha value is -3.59.